The second kappa shape index (κ2) is 2.82. The topological polar surface area (TPSA) is 0 Å². The van der Waals surface area contributed by atoms with Crippen LogP contribution in [0.5, 0.6) is 0 Å². The molecular weight excluding hydrogens is 164 g/mol. The van der Waals surface area contributed by atoms with Gasteiger partial charge in [0.1, 0.15) is 0 Å². The SMILES string of the molecule is CC1(C)CCC=C([B-](F)(F)F)C1. The molecule has 0 nitrogen and oxygen atoms in total. The van der Waals surface area contributed by atoms with Crippen LogP contribution in [0.1, 0.15) is 33.1 Å². The first-order valence-electron chi connectivity index (χ1n) is 4.20. The lowest BCUT2D eigenvalue weighted by molar-refractivity contribution is 0.316. The van der Waals surface area contributed by atoms with Crippen molar-refractivity contribution in [1.82, 2.24) is 0 Å². The Morgan fingerprint density at radius 1 is 1.33 bits per heavy atom. The zero-order valence-electron chi connectivity index (χ0n) is 7.41. The van der Waals surface area contributed by atoms with Crippen molar-refractivity contribution in [2.24, 2.45) is 5.41 Å². The van der Waals surface area contributed by atoms with Crippen LogP contribution < -0.4 is 0 Å². The van der Waals surface area contributed by atoms with Gasteiger partial charge in [-0.2, -0.15) is 0 Å². The zero-order valence-corrected chi connectivity index (χ0v) is 7.41. The lowest BCUT2D eigenvalue weighted by Crippen LogP contribution is -2.27. The van der Waals surface area contributed by atoms with Gasteiger partial charge in [-0.15, -0.1) is 11.5 Å². The highest BCUT2D eigenvalue weighted by Crippen LogP contribution is 2.39. The van der Waals surface area contributed by atoms with Crippen LogP contribution in [0.15, 0.2) is 11.5 Å². The number of rotatable bonds is 1. The average molecular weight is 177 g/mol. The summed E-state index contributed by atoms with van der Waals surface area (Å²) < 4.78 is 36.8. The van der Waals surface area contributed by atoms with E-state index in [1.54, 1.807) is 0 Å². The third-order valence-electron chi connectivity index (χ3n) is 2.33. The van der Waals surface area contributed by atoms with E-state index in [0.717, 1.165) is 6.42 Å². The van der Waals surface area contributed by atoms with Gasteiger partial charge in [0.15, 0.2) is 0 Å². The zero-order chi connectivity index (χ0) is 9.41. The van der Waals surface area contributed by atoms with Gasteiger partial charge in [0.2, 0.25) is 0 Å². The van der Waals surface area contributed by atoms with Gasteiger partial charge in [0.25, 0.3) is 0 Å². The summed E-state index contributed by atoms with van der Waals surface area (Å²) in [4.78, 5) is 0. The number of hydrogen-bond acceptors (Lipinski definition) is 0. The summed E-state index contributed by atoms with van der Waals surface area (Å²) in [5.41, 5.74) is -0.451. The van der Waals surface area contributed by atoms with E-state index in [2.05, 4.69) is 0 Å². The molecule has 0 radical (unpaired) electrons. The molecule has 0 saturated carbocycles. The summed E-state index contributed by atoms with van der Waals surface area (Å²) in [6.45, 7) is -0.949. The van der Waals surface area contributed by atoms with Gasteiger partial charge in [-0.3, -0.25) is 0 Å². The number of allylic oxidation sites excluding steroid dienone is 2. The minimum Gasteiger partial charge on any atom is -0.445 e. The molecule has 0 N–H and O–H groups in total. The van der Waals surface area contributed by atoms with Crippen LogP contribution in [0.4, 0.5) is 12.9 Å². The lowest BCUT2D eigenvalue weighted by atomic mass is 9.65. The van der Waals surface area contributed by atoms with E-state index in [1.165, 1.54) is 6.08 Å². The third kappa shape index (κ3) is 2.29. The molecule has 0 aliphatic heterocycles. The summed E-state index contributed by atoms with van der Waals surface area (Å²) in [6.07, 6.45) is 2.98. The van der Waals surface area contributed by atoms with Crippen LogP contribution in [0.2, 0.25) is 0 Å². The highest BCUT2D eigenvalue weighted by atomic mass is 19.4. The molecule has 0 aromatic heterocycles. The molecule has 0 heterocycles. The second-order valence-corrected chi connectivity index (χ2v) is 4.23. The van der Waals surface area contributed by atoms with Gasteiger partial charge in [0.05, 0.1) is 0 Å². The molecule has 4 heteroatoms. The van der Waals surface area contributed by atoms with Crippen LogP contribution in [0.3, 0.4) is 0 Å². The summed E-state index contributed by atoms with van der Waals surface area (Å²) in [6, 6.07) is 0. The van der Waals surface area contributed by atoms with E-state index in [1.807, 2.05) is 13.8 Å². The summed E-state index contributed by atoms with van der Waals surface area (Å²) in [5.74, 6) is 0. The molecule has 0 amide bonds. The van der Waals surface area contributed by atoms with Gasteiger partial charge in [0, 0.05) is 0 Å². The van der Waals surface area contributed by atoms with Crippen LogP contribution in [0.25, 0.3) is 0 Å². The highest BCUT2D eigenvalue weighted by Gasteiger charge is 2.34. The van der Waals surface area contributed by atoms with Crippen molar-refractivity contribution in [2.45, 2.75) is 33.1 Å². The molecule has 0 aromatic carbocycles. The first-order chi connectivity index (χ1) is 5.31. The Kier molecular flexibility index (Phi) is 2.28. The molecule has 1 rings (SSSR count). The molecule has 1 aliphatic rings. The number of hydrogen-bond donors (Lipinski definition) is 0. The van der Waals surface area contributed by atoms with Crippen molar-refractivity contribution in [3.05, 3.63) is 11.5 Å². The third-order valence-corrected chi connectivity index (χ3v) is 2.33. The summed E-state index contributed by atoms with van der Waals surface area (Å²) >= 11 is 0. The fourth-order valence-electron chi connectivity index (χ4n) is 1.61. The molecule has 0 saturated heterocycles. The fraction of sp³-hybridized carbons (Fsp3) is 0.750. The maximum atomic E-state index is 12.3. The highest BCUT2D eigenvalue weighted by molar-refractivity contribution is 6.66. The molecule has 0 atom stereocenters. The van der Waals surface area contributed by atoms with Crippen molar-refractivity contribution in [1.29, 1.82) is 0 Å². The van der Waals surface area contributed by atoms with Crippen LogP contribution in [-0.2, 0) is 0 Å². The van der Waals surface area contributed by atoms with Gasteiger partial charge in [-0.25, -0.2) is 0 Å². The first-order valence-corrected chi connectivity index (χ1v) is 4.20. The maximum absolute atomic E-state index is 12.3. The van der Waals surface area contributed by atoms with E-state index in [-0.39, 0.29) is 17.3 Å². The Bertz CT molecular complexity index is 203. The Morgan fingerprint density at radius 2 is 1.92 bits per heavy atom. The summed E-state index contributed by atoms with van der Waals surface area (Å²) in [5, 5.41) is 0. The van der Waals surface area contributed by atoms with Crippen molar-refractivity contribution in [3.63, 3.8) is 0 Å². The normalized spacial score (nSPS) is 23.6. The minimum absolute atomic E-state index is 0.165. The molecule has 0 aromatic rings. The van der Waals surface area contributed by atoms with Crippen LogP contribution in [0, 0.1) is 5.41 Å². The van der Waals surface area contributed by atoms with Crippen LogP contribution >= 0.6 is 0 Å². The van der Waals surface area contributed by atoms with Gasteiger partial charge in [-0.05, 0) is 18.3 Å². The minimum atomic E-state index is -4.73. The van der Waals surface area contributed by atoms with Crippen molar-refractivity contribution in [2.75, 3.05) is 0 Å². The molecular formula is C8H13BF3-. The standard InChI is InChI=1S/C8H13BF3/c1-8(2)5-3-4-7(6-8)9(10,11)12/h4H,3,5-6H2,1-2H3/q-1. The quantitative estimate of drug-likeness (QED) is 0.537. The van der Waals surface area contributed by atoms with E-state index in [4.69, 9.17) is 0 Å². The predicted octanol–water partition coefficient (Wildman–Crippen LogP) is 3.51. The fourth-order valence-corrected chi connectivity index (χ4v) is 1.61. The molecule has 0 fully saturated rings. The predicted molar refractivity (Wildman–Crippen MR) is 44.8 cm³/mol. The molecule has 12 heavy (non-hydrogen) atoms. The lowest BCUT2D eigenvalue weighted by Gasteiger charge is -2.34. The Hall–Kier alpha value is -0.405. The van der Waals surface area contributed by atoms with Gasteiger partial charge < -0.3 is 12.9 Å². The van der Waals surface area contributed by atoms with E-state index in [0.29, 0.717) is 6.42 Å². The first kappa shape index (κ1) is 9.68. The van der Waals surface area contributed by atoms with Gasteiger partial charge >= 0.3 is 6.98 Å². The van der Waals surface area contributed by atoms with E-state index in [9.17, 15) is 12.9 Å². The largest absolute Gasteiger partial charge is 0.505 e. The summed E-state index contributed by atoms with van der Waals surface area (Å²) in [7, 11) is 0. The Labute approximate surface area is 70.9 Å². The molecule has 0 unspecified atom stereocenters. The van der Waals surface area contributed by atoms with Crippen LogP contribution in [-0.4, -0.2) is 6.98 Å². The molecule has 70 valence electrons. The average Bonchev–Trinajstić information content (AvgIpc) is 1.83. The number of halogens is 3. The van der Waals surface area contributed by atoms with Crippen molar-refractivity contribution in [3.8, 4) is 0 Å². The van der Waals surface area contributed by atoms with E-state index >= 15 is 0 Å². The monoisotopic (exact) mass is 177 g/mol. The maximum Gasteiger partial charge on any atom is 0.505 e. The Balaban J connectivity index is 2.75. The van der Waals surface area contributed by atoms with Crippen molar-refractivity contribution >= 4 is 6.98 Å². The molecule has 0 spiro atoms. The molecule has 0 bridgehead atoms. The van der Waals surface area contributed by atoms with Gasteiger partial charge in [-0.1, -0.05) is 20.3 Å². The smallest absolute Gasteiger partial charge is 0.445 e. The van der Waals surface area contributed by atoms with Crippen molar-refractivity contribution < 1.29 is 12.9 Å². The second-order valence-electron chi connectivity index (χ2n) is 4.23. The Morgan fingerprint density at radius 3 is 2.25 bits per heavy atom. The molecule has 1 aliphatic carbocycles. The van der Waals surface area contributed by atoms with E-state index < -0.39 is 6.98 Å².